The molecule has 130 valence electrons. The van der Waals surface area contributed by atoms with E-state index in [-0.39, 0.29) is 0 Å². The Balaban J connectivity index is 2.99. The van der Waals surface area contributed by atoms with Crippen molar-refractivity contribution < 1.29 is 18.2 Å². The van der Waals surface area contributed by atoms with E-state index in [1.807, 2.05) is 0 Å². The van der Waals surface area contributed by atoms with Crippen LogP contribution in [0, 0.1) is 0 Å². The minimum Gasteiger partial charge on any atom is -0.147 e. The molecule has 0 aliphatic carbocycles. The average Bonchev–Trinajstić information content (AvgIpc) is 2.46. The predicted octanol–water partition coefficient (Wildman–Crippen LogP) is 6.45. The van der Waals surface area contributed by atoms with Crippen LogP contribution in [-0.4, -0.2) is 26.5 Å². The minimum atomic E-state index is -1.42. The Kier molecular flexibility index (Phi) is 17.6. The van der Waals surface area contributed by atoms with Crippen LogP contribution in [-0.2, 0) is 18.2 Å². The van der Waals surface area contributed by atoms with Crippen LogP contribution >= 0.6 is 16.1 Å². The summed E-state index contributed by atoms with van der Waals surface area (Å²) in [7, 11) is -2.83. The second-order valence-corrected chi connectivity index (χ2v) is 8.06. The number of unbranched alkanes of at least 4 members (excludes halogenated alkanes) is 11. The Morgan fingerprint density at radius 1 is 0.500 bits per heavy atom. The van der Waals surface area contributed by atoms with Gasteiger partial charge in [0.1, 0.15) is 13.2 Å². The highest BCUT2D eigenvalue weighted by Crippen LogP contribution is 2.17. The second-order valence-electron chi connectivity index (χ2n) is 5.79. The lowest BCUT2D eigenvalue weighted by Crippen LogP contribution is -1.88. The van der Waals surface area contributed by atoms with Crippen molar-refractivity contribution >= 4 is 16.1 Å². The number of hydrogen-bond acceptors (Lipinski definition) is 4. The van der Waals surface area contributed by atoms with E-state index < -0.39 is 16.1 Å². The molecular weight excluding hydrogens is 318 g/mol. The Bertz CT molecular complexity index is 257. The zero-order valence-electron chi connectivity index (χ0n) is 14.4. The van der Waals surface area contributed by atoms with Gasteiger partial charge in [-0.25, -0.2) is 0 Å². The quantitative estimate of drug-likeness (QED) is 0.223. The van der Waals surface area contributed by atoms with Crippen molar-refractivity contribution in [2.75, 3.05) is 26.5 Å². The third-order valence-corrected chi connectivity index (χ3v) is 4.68. The molecule has 2 unspecified atom stereocenters. The Morgan fingerprint density at radius 3 is 0.955 bits per heavy atom. The molecule has 0 rings (SSSR count). The molecule has 22 heavy (non-hydrogen) atoms. The molecule has 2 atom stereocenters. The van der Waals surface area contributed by atoms with Gasteiger partial charge in [0, 0.05) is 0 Å². The molecule has 0 amide bonds. The highest BCUT2D eigenvalue weighted by molar-refractivity contribution is 7.38. The molecule has 0 radical (unpaired) electrons. The van der Waals surface area contributed by atoms with Crippen molar-refractivity contribution in [3.05, 3.63) is 0 Å². The van der Waals surface area contributed by atoms with Crippen LogP contribution in [0.2, 0.25) is 0 Å². The molecule has 0 aromatic carbocycles. The van der Waals surface area contributed by atoms with Crippen molar-refractivity contribution in [1.29, 1.82) is 0 Å². The molecule has 0 aliphatic rings. The SMILES string of the molecule is C[P+](=O)OCCCCCCCCCCCCCCO[P+](C)=O. The maximum atomic E-state index is 10.7. The molecule has 6 heteroatoms. The first-order valence-electron chi connectivity index (χ1n) is 8.70. The van der Waals surface area contributed by atoms with Crippen LogP contribution in [0.1, 0.15) is 77.0 Å². The molecule has 0 saturated carbocycles. The van der Waals surface area contributed by atoms with Crippen molar-refractivity contribution in [3.8, 4) is 0 Å². The molecule has 0 spiro atoms. The van der Waals surface area contributed by atoms with Crippen molar-refractivity contribution in [1.82, 2.24) is 0 Å². The predicted molar refractivity (Wildman–Crippen MR) is 94.4 cm³/mol. The first-order valence-corrected chi connectivity index (χ1v) is 12.0. The molecule has 0 fully saturated rings. The highest BCUT2D eigenvalue weighted by Gasteiger charge is 2.05. The van der Waals surface area contributed by atoms with Gasteiger partial charge in [0.2, 0.25) is 0 Å². The lowest BCUT2D eigenvalue weighted by atomic mass is 10.1. The van der Waals surface area contributed by atoms with Gasteiger partial charge in [0.05, 0.1) is 0 Å². The fraction of sp³-hybridized carbons (Fsp3) is 1.00. The van der Waals surface area contributed by atoms with Crippen LogP contribution in [0.5, 0.6) is 0 Å². The third-order valence-electron chi connectivity index (χ3n) is 3.58. The summed E-state index contributed by atoms with van der Waals surface area (Å²) >= 11 is 0. The molecule has 4 nitrogen and oxygen atoms in total. The molecule has 0 aromatic heterocycles. The van der Waals surface area contributed by atoms with E-state index in [1.165, 1.54) is 64.2 Å². The number of rotatable bonds is 17. The first-order chi connectivity index (χ1) is 10.6. The van der Waals surface area contributed by atoms with Gasteiger partial charge in [-0.3, -0.25) is 0 Å². The van der Waals surface area contributed by atoms with Gasteiger partial charge in [-0.15, -0.1) is 9.05 Å². The average molecular weight is 352 g/mol. The summed E-state index contributed by atoms with van der Waals surface area (Å²) < 4.78 is 31.5. The van der Waals surface area contributed by atoms with Gasteiger partial charge >= 0.3 is 16.1 Å². The Morgan fingerprint density at radius 2 is 0.727 bits per heavy atom. The minimum absolute atomic E-state index is 0.644. The van der Waals surface area contributed by atoms with E-state index in [0.29, 0.717) is 13.2 Å². The largest absolute Gasteiger partial charge is 0.504 e. The molecule has 0 saturated heterocycles. The topological polar surface area (TPSA) is 52.6 Å². The zero-order chi connectivity index (χ0) is 16.5. The molecule has 0 bridgehead atoms. The van der Waals surface area contributed by atoms with Crippen LogP contribution in [0.15, 0.2) is 0 Å². The normalized spacial score (nSPS) is 12.5. The van der Waals surface area contributed by atoms with Crippen molar-refractivity contribution in [2.45, 2.75) is 77.0 Å². The Labute approximate surface area is 138 Å². The number of hydrogen-bond donors (Lipinski definition) is 0. The van der Waals surface area contributed by atoms with Gasteiger partial charge in [-0.05, 0) is 22.0 Å². The van der Waals surface area contributed by atoms with Gasteiger partial charge in [0.15, 0.2) is 13.3 Å². The van der Waals surface area contributed by atoms with Gasteiger partial charge in [-0.2, -0.15) is 0 Å². The first kappa shape index (κ1) is 22.1. The molecule has 0 aliphatic heterocycles. The van der Waals surface area contributed by atoms with Crippen LogP contribution in [0.25, 0.3) is 0 Å². The van der Waals surface area contributed by atoms with Crippen LogP contribution in [0.3, 0.4) is 0 Å². The summed E-state index contributed by atoms with van der Waals surface area (Å²) in [6, 6.07) is 0. The maximum absolute atomic E-state index is 10.7. The second kappa shape index (κ2) is 17.5. The lowest BCUT2D eigenvalue weighted by Gasteiger charge is -2.02. The lowest BCUT2D eigenvalue weighted by molar-refractivity contribution is 0.317. The van der Waals surface area contributed by atoms with Gasteiger partial charge in [-0.1, -0.05) is 64.2 Å². The molecule has 0 N–H and O–H groups in total. The highest BCUT2D eigenvalue weighted by atomic mass is 31.1. The Hall–Kier alpha value is 0.120. The van der Waals surface area contributed by atoms with Gasteiger partial charge in [0.25, 0.3) is 0 Å². The summed E-state index contributed by atoms with van der Waals surface area (Å²) in [5.74, 6) is 0. The summed E-state index contributed by atoms with van der Waals surface area (Å²) in [5.41, 5.74) is 0. The smallest absolute Gasteiger partial charge is 0.147 e. The summed E-state index contributed by atoms with van der Waals surface area (Å²) in [6.07, 6.45) is 15.0. The van der Waals surface area contributed by atoms with E-state index in [9.17, 15) is 9.13 Å². The van der Waals surface area contributed by atoms with E-state index in [4.69, 9.17) is 9.05 Å². The summed E-state index contributed by atoms with van der Waals surface area (Å²) in [6.45, 7) is 4.50. The van der Waals surface area contributed by atoms with E-state index in [0.717, 1.165) is 12.8 Å². The van der Waals surface area contributed by atoms with Crippen LogP contribution < -0.4 is 0 Å². The fourth-order valence-electron chi connectivity index (χ4n) is 2.36. The molecule has 0 heterocycles. The van der Waals surface area contributed by atoms with Crippen molar-refractivity contribution in [2.24, 2.45) is 0 Å². The fourth-order valence-corrected chi connectivity index (χ4v) is 3.13. The van der Waals surface area contributed by atoms with E-state index in [1.54, 1.807) is 13.3 Å². The van der Waals surface area contributed by atoms with E-state index >= 15 is 0 Å². The summed E-state index contributed by atoms with van der Waals surface area (Å²) in [4.78, 5) is 0. The monoisotopic (exact) mass is 352 g/mol. The van der Waals surface area contributed by atoms with Gasteiger partial charge < -0.3 is 0 Å². The molecule has 0 aromatic rings. The van der Waals surface area contributed by atoms with Crippen molar-refractivity contribution in [3.63, 3.8) is 0 Å². The zero-order valence-corrected chi connectivity index (χ0v) is 16.2. The standard InChI is InChI=1S/C16H34O4P2/c1-21(17)19-15-13-11-9-7-5-3-4-6-8-10-12-14-16-20-22(2)18/h3-16H2,1-2H3/q+2. The maximum Gasteiger partial charge on any atom is 0.504 e. The molecular formula is C16H34O4P2+2. The third kappa shape index (κ3) is 20.1. The van der Waals surface area contributed by atoms with E-state index in [2.05, 4.69) is 0 Å². The summed E-state index contributed by atoms with van der Waals surface area (Å²) in [5, 5.41) is 0. The van der Waals surface area contributed by atoms with Crippen LogP contribution in [0.4, 0.5) is 0 Å².